The molecule has 2 aliphatic rings. The Balaban J connectivity index is 2.39. The van der Waals surface area contributed by atoms with E-state index in [0.29, 0.717) is 24.2 Å². The largest absolute Gasteiger partial charge is 0.399 e. The molecule has 0 saturated carbocycles. The maximum absolute atomic E-state index is 14.1. The molecule has 3 rings (SSSR count). The van der Waals surface area contributed by atoms with Gasteiger partial charge < -0.3 is 10.6 Å². The van der Waals surface area contributed by atoms with Crippen LogP contribution in [0.25, 0.3) is 0 Å². The topological polar surface area (TPSA) is 101 Å². The Morgan fingerprint density at radius 1 is 1.31 bits per heavy atom. The zero-order chi connectivity index (χ0) is 19.1. The summed E-state index contributed by atoms with van der Waals surface area (Å²) in [5.41, 5.74) is 5.47. The average molecular weight is 368 g/mol. The van der Waals surface area contributed by atoms with Crippen molar-refractivity contribution in [2.75, 3.05) is 20.1 Å². The van der Waals surface area contributed by atoms with Crippen LogP contribution in [0.15, 0.2) is 41.1 Å². The van der Waals surface area contributed by atoms with Crippen molar-refractivity contribution in [1.82, 2.24) is 4.90 Å². The first-order valence-corrected chi connectivity index (χ1v) is 8.34. The van der Waals surface area contributed by atoms with Gasteiger partial charge in [0, 0.05) is 24.9 Å². The van der Waals surface area contributed by atoms with E-state index in [0.717, 1.165) is 0 Å². The highest BCUT2D eigenvalue weighted by atomic mass is 35.5. The van der Waals surface area contributed by atoms with E-state index in [-0.39, 0.29) is 22.2 Å². The van der Waals surface area contributed by atoms with Crippen molar-refractivity contribution >= 4 is 11.6 Å². The molecule has 0 aromatic heterocycles. The smallest absolute Gasteiger partial charge is 0.191 e. The molecule has 0 amide bonds. The van der Waals surface area contributed by atoms with E-state index in [1.807, 2.05) is 36.2 Å². The first-order valence-electron chi connectivity index (χ1n) is 7.97. The number of allylic oxidation sites excluding steroid dienone is 2. The van der Waals surface area contributed by atoms with Crippen LogP contribution in [0, 0.1) is 51.1 Å². The van der Waals surface area contributed by atoms with Gasteiger partial charge in [-0.15, -0.1) is 0 Å². The molecule has 2 N–H and O–H groups in total. The number of nitrogens with zero attached hydrogens (tertiary/aromatic N) is 4. The summed E-state index contributed by atoms with van der Waals surface area (Å²) in [6.45, 7) is 1.10. The molecule has 1 aliphatic carbocycles. The lowest BCUT2D eigenvalue weighted by Crippen LogP contribution is -2.47. The molecule has 1 heterocycles. The third-order valence-electron chi connectivity index (χ3n) is 5.16. The number of nitriles is 3. The van der Waals surface area contributed by atoms with Crippen LogP contribution in [0.1, 0.15) is 11.5 Å². The van der Waals surface area contributed by atoms with Gasteiger partial charge in [0.25, 0.3) is 0 Å². The fourth-order valence-electron chi connectivity index (χ4n) is 3.93. The van der Waals surface area contributed by atoms with Crippen LogP contribution in [0.2, 0.25) is 5.02 Å². The zero-order valence-electron chi connectivity index (χ0n) is 14.0. The van der Waals surface area contributed by atoms with Crippen LogP contribution in [0.4, 0.5) is 4.39 Å². The van der Waals surface area contributed by atoms with Gasteiger partial charge in [-0.1, -0.05) is 29.8 Å². The molecule has 130 valence electrons. The minimum absolute atomic E-state index is 0.0950. The minimum Gasteiger partial charge on any atom is -0.399 e. The normalized spacial score (nSPS) is 24.7. The fraction of sp³-hybridized carbons (Fsp3) is 0.316. The highest BCUT2D eigenvalue weighted by Gasteiger charge is 2.54. The molecule has 0 bridgehead atoms. The Kier molecular flexibility index (Phi) is 4.46. The van der Waals surface area contributed by atoms with Gasteiger partial charge in [0.2, 0.25) is 0 Å². The maximum Gasteiger partial charge on any atom is 0.191 e. The molecule has 5 nitrogen and oxygen atoms in total. The number of rotatable bonds is 1. The lowest BCUT2D eigenvalue weighted by atomic mass is 9.58. The van der Waals surface area contributed by atoms with Gasteiger partial charge in [-0.3, -0.25) is 0 Å². The molecule has 0 saturated heterocycles. The van der Waals surface area contributed by atoms with Crippen LogP contribution < -0.4 is 5.73 Å². The standard InChI is InChI=1S/C19H15ClFN5/c1-26-6-5-11-13(7-22)18(25)19(9-23,10-24)16(14(11)8-26)12-3-2-4-15(21)17(12)20/h2-5,14,16H,6,8,25H2,1H3/t14-,16+/m1/s1. The van der Waals surface area contributed by atoms with Crippen LogP contribution in [0.3, 0.4) is 0 Å². The molecule has 26 heavy (non-hydrogen) atoms. The summed E-state index contributed by atoms with van der Waals surface area (Å²) in [5, 5.41) is 29.3. The van der Waals surface area contributed by atoms with Crippen molar-refractivity contribution in [3.63, 3.8) is 0 Å². The predicted octanol–water partition coefficient (Wildman–Crippen LogP) is 2.83. The summed E-state index contributed by atoms with van der Waals surface area (Å²) in [4.78, 5) is 2.00. The molecule has 7 heteroatoms. The quantitative estimate of drug-likeness (QED) is 0.822. The number of nitrogens with two attached hydrogens (primary N) is 1. The number of halogens is 2. The fourth-order valence-corrected chi connectivity index (χ4v) is 4.17. The van der Waals surface area contributed by atoms with Crippen LogP contribution >= 0.6 is 11.6 Å². The lowest BCUT2D eigenvalue weighted by Gasteiger charge is -2.45. The molecule has 0 unspecified atom stereocenters. The Hall–Kier alpha value is -2.85. The molecule has 2 atom stereocenters. The molecule has 0 spiro atoms. The van der Waals surface area contributed by atoms with E-state index in [2.05, 4.69) is 0 Å². The SMILES string of the molecule is CN1CC=C2C(C#N)=C(N)C(C#N)(C#N)[C@@H](c3cccc(F)c3Cl)[C@@H]2C1. The Morgan fingerprint density at radius 2 is 2.00 bits per heavy atom. The third kappa shape index (κ3) is 2.37. The van der Waals surface area contributed by atoms with Crippen molar-refractivity contribution in [2.45, 2.75) is 5.92 Å². The second-order valence-electron chi connectivity index (χ2n) is 6.54. The van der Waals surface area contributed by atoms with Crippen molar-refractivity contribution in [1.29, 1.82) is 15.8 Å². The highest BCUT2D eigenvalue weighted by Crippen LogP contribution is 2.55. The molecule has 1 aliphatic heterocycles. The summed E-state index contributed by atoms with van der Waals surface area (Å²) in [7, 11) is 1.89. The molecule has 1 aromatic rings. The number of benzene rings is 1. The number of fused-ring (bicyclic) bond motifs is 1. The Labute approximate surface area is 156 Å². The van der Waals surface area contributed by atoms with E-state index in [9.17, 15) is 20.2 Å². The van der Waals surface area contributed by atoms with Crippen LogP contribution in [0.5, 0.6) is 0 Å². The number of likely N-dealkylation sites (N-methyl/N-ethyl adjacent to an activating group) is 1. The van der Waals surface area contributed by atoms with Gasteiger partial charge in [-0.25, -0.2) is 4.39 Å². The van der Waals surface area contributed by atoms with Crippen molar-refractivity contribution in [3.8, 4) is 18.2 Å². The Morgan fingerprint density at radius 3 is 2.62 bits per heavy atom. The van der Waals surface area contributed by atoms with Gasteiger partial charge >= 0.3 is 0 Å². The summed E-state index contributed by atoms with van der Waals surface area (Å²) >= 11 is 6.20. The second kappa shape index (κ2) is 6.46. The molecule has 0 fully saturated rings. The minimum atomic E-state index is -1.80. The molecule has 1 aromatic carbocycles. The van der Waals surface area contributed by atoms with Gasteiger partial charge in [-0.2, -0.15) is 15.8 Å². The van der Waals surface area contributed by atoms with Crippen LogP contribution in [-0.2, 0) is 0 Å². The van der Waals surface area contributed by atoms with Crippen molar-refractivity contribution in [3.05, 3.63) is 57.5 Å². The van der Waals surface area contributed by atoms with E-state index < -0.39 is 17.2 Å². The molecular weight excluding hydrogens is 353 g/mol. The summed E-state index contributed by atoms with van der Waals surface area (Å²) < 4.78 is 14.1. The monoisotopic (exact) mass is 367 g/mol. The van der Waals surface area contributed by atoms with Crippen molar-refractivity contribution in [2.24, 2.45) is 17.1 Å². The summed E-state index contributed by atoms with van der Waals surface area (Å²) in [6.07, 6.45) is 1.87. The third-order valence-corrected chi connectivity index (χ3v) is 5.56. The summed E-state index contributed by atoms with van der Waals surface area (Å²) in [5.74, 6) is -1.79. The highest BCUT2D eigenvalue weighted by molar-refractivity contribution is 6.31. The first-order chi connectivity index (χ1) is 12.4. The number of hydrogen-bond donors (Lipinski definition) is 1. The first kappa shape index (κ1) is 18.0. The molecule has 0 radical (unpaired) electrons. The zero-order valence-corrected chi connectivity index (χ0v) is 14.8. The predicted molar refractivity (Wildman–Crippen MR) is 93.7 cm³/mol. The second-order valence-corrected chi connectivity index (χ2v) is 6.92. The maximum atomic E-state index is 14.1. The van der Waals surface area contributed by atoms with Gasteiger partial charge in [-0.05, 0) is 24.3 Å². The van der Waals surface area contributed by atoms with E-state index in [1.54, 1.807) is 6.07 Å². The Bertz CT molecular complexity index is 946. The van der Waals surface area contributed by atoms with Gasteiger partial charge in [0.05, 0.1) is 28.4 Å². The molecular formula is C19H15ClFN5. The van der Waals surface area contributed by atoms with E-state index in [4.69, 9.17) is 17.3 Å². The average Bonchev–Trinajstić information content (AvgIpc) is 2.64. The van der Waals surface area contributed by atoms with Crippen molar-refractivity contribution < 1.29 is 4.39 Å². The van der Waals surface area contributed by atoms with E-state index >= 15 is 0 Å². The lowest BCUT2D eigenvalue weighted by molar-refractivity contribution is 0.237. The summed E-state index contributed by atoms with van der Waals surface area (Å²) in [6, 6.07) is 10.4. The van der Waals surface area contributed by atoms with Gasteiger partial charge in [0.15, 0.2) is 5.41 Å². The van der Waals surface area contributed by atoms with Crippen LogP contribution in [-0.4, -0.2) is 25.0 Å². The van der Waals surface area contributed by atoms with Gasteiger partial charge in [0.1, 0.15) is 11.9 Å². The number of hydrogen-bond acceptors (Lipinski definition) is 5. The van der Waals surface area contributed by atoms with E-state index in [1.165, 1.54) is 12.1 Å².